The molecule has 0 saturated heterocycles. The number of H-pyrrole nitrogens is 1. The molecule has 0 radical (unpaired) electrons. The zero-order chi connectivity index (χ0) is 19.8. The van der Waals surface area contributed by atoms with E-state index in [9.17, 15) is 9.18 Å². The van der Waals surface area contributed by atoms with E-state index < -0.39 is 6.04 Å². The van der Waals surface area contributed by atoms with Crippen molar-refractivity contribution in [3.8, 4) is 0 Å². The summed E-state index contributed by atoms with van der Waals surface area (Å²) in [6.07, 6.45) is 4.03. The SMILES string of the molecule is O=C(NC1CCCc2c1[nH]c1ccc(F)cc21)C(c1ccccc1)n1cnnn1. The van der Waals surface area contributed by atoms with E-state index in [0.717, 1.165) is 47.0 Å². The van der Waals surface area contributed by atoms with Gasteiger partial charge in [-0.2, -0.15) is 0 Å². The summed E-state index contributed by atoms with van der Waals surface area (Å²) in [4.78, 5) is 16.7. The quantitative estimate of drug-likeness (QED) is 0.561. The molecule has 2 heterocycles. The van der Waals surface area contributed by atoms with Gasteiger partial charge < -0.3 is 10.3 Å². The molecule has 1 aliphatic rings. The smallest absolute Gasteiger partial charge is 0.250 e. The predicted molar refractivity (Wildman–Crippen MR) is 104 cm³/mol. The number of carbonyl (C=O) groups is 1. The third-order valence-corrected chi connectivity index (χ3v) is 5.48. The minimum absolute atomic E-state index is 0.176. The molecule has 0 aliphatic heterocycles. The highest BCUT2D eigenvalue weighted by Gasteiger charge is 2.30. The van der Waals surface area contributed by atoms with Crippen LogP contribution in [0.2, 0.25) is 0 Å². The van der Waals surface area contributed by atoms with Crippen molar-refractivity contribution in [3.63, 3.8) is 0 Å². The Bertz CT molecular complexity index is 1150. The first kappa shape index (κ1) is 17.5. The highest BCUT2D eigenvalue weighted by atomic mass is 19.1. The number of rotatable bonds is 4. The fraction of sp³-hybridized carbons (Fsp3) is 0.238. The Morgan fingerprint density at radius 3 is 2.90 bits per heavy atom. The molecule has 0 spiro atoms. The molecule has 7 nitrogen and oxygen atoms in total. The minimum Gasteiger partial charge on any atom is -0.356 e. The van der Waals surface area contributed by atoms with Gasteiger partial charge in [-0.25, -0.2) is 9.07 Å². The fourth-order valence-corrected chi connectivity index (χ4v) is 4.18. The van der Waals surface area contributed by atoms with Crippen LogP contribution in [0.15, 0.2) is 54.9 Å². The normalized spacial score (nSPS) is 17.1. The molecule has 2 aromatic carbocycles. The number of tetrazole rings is 1. The number of hydrogen-bond acceptors (Lipinski definition) is 4. The Balaban J connectivity index is 1.48. The molecular formula is C21H19FN6O. The highest BCUT2D eigenvalue weighted by Crippen LogP contribution is 2.35. The van der Waals surface area contributed by atoms with Crippen LogP contribution in [0.25, 0.3) is 10.9 Å². The van der Waals surface area contributed by atoms with Crippen LogP contribution in [0.4, 0.5) is 4.39 Å². The Morgan fingerprint density at radius 2 is 2.10 bits per heavy atom. The molecule has 146 valence electrons. The van der Waals surface area contributed by atoms with Gasteiger partial charge in [0.05, 0.1) is 6.04 Å². The Kier molecular flexibility index (Phi) is 4.31. The summed E-state index contributed by atoms with van der Waals surface area (Å²) in [5.74, 6) is -0.445. The third-order valence-electron chi connectivity index (χ3n) is 5.48. The lowest BCUT2D eigenvalue weighted by atomic mass is 9.91. The summed E-state index contributed by atoms with van der Waals surface area (Å²) in [5.41, 5.74) is 3.72. The molecule has 2 atom stereocenters. The zero-order valence-electron chi connectivity index (χ0n) is 15.5. The molecular weight excluding hydrogens is 371 g/mol. The maximum Gasteiger partial charge on any atom is 0.250 e. The van der Waals surface area contributed by atoms with Crippen molar-refractivity contribution in [3.05, 3.63) is 77.5 Å². The number of nitrogens with one attached hydrogen (secondary N) is 2. The number of amides is 1. The third kappa shape index (κ3) is 3.16. The number of benzene rings is 2. The second kappa shape index (κ2) is 7.12. The fourth-order valence-electron chi connectivity index (χ4n) is 4.18. The molecule has 2 aromatic heterocycles. The standard InChI is InChI=1S/C21H19FN6O/c22-14-9-10-17-16(11-14)15-7-4-8-18(19(15)24-17)25-21(29)20(28-12-23-26-27-28)13-5-2-1-3-6-13/h1-3,5-6,9-12,18,20,24H,4,7-8H2,(H,25,29). The lowest BCUT2D eigenvalue weighted by Crippen LogP contribution is -2.37. The minimum atomic E-state index is -0.668. The van der Waals surface area contributed by atoms with Crippen LogP contribution < -0.4 is 5.32 Å². The number of aromatic amines is 1. The van der Waals surface area contributed by atoms with Crippen molar-refractivity contribution in [1.29, 1.82) is 0 Å². The van der Waals surface area contributed by atoms with Crippen molar-refractivity contribution < 1.29 is 9.18 Å². The van der Waals surface area contributed by atoms with Crippen LogP contribution >= 0.6 is 0 Å². The molecule has 2 N–H and O–H groups in total. The average molecular weight is 390 g/mol. The summed E-state index contributed by atoms with van der Waals surface area (Å²) in [7, 11) is 0. The van der Waals surface area contributed by atoms with E-state index in [2.05, 4.69) is 25.8 Å². The lowest BCUT2D eigenvalue weighted by molar-refractivity contribution is -0.124. The molecule has 29 heavy (non-hydrogen) atoms. The molecule has 8 heteroatoms. The van der Waals surface area contributed by atoms with E-state index in [0.29, 0.717) is 0 Å². The monoisotopic (exact) mass is 390 g/mol. The predicted octanol–water partition coefficient (Wildman–Crippen LogP) is 3.08. The van der Waals surface area contributed by atoms with E-state index in [-0.39, 0.29) is 17.8 Å². The number of aromatic nitrogens is 5. The number of fused-ring (bicyclic) bond motifs is 3. The number of hydrogen-bond donors (Lipinski definition) is 2. The van der Waals surface area contributed by atoms with Crippen molar-refractivity contribution in [2.45, 2.75) is 31.3 Å². The van der Waals surface area contributed by atoms with Gasteiger partial charge in [0.2, 0.25) is 5.91 Å². The molecule has 4 aromatic rings. The van der Waals surface area contributed by atoms with Gasteiger partial charge in [-0.1, -0.05) is 30.3 Å². The maximum absolute atomic E-state index is 13.7. The summed E-state index contributed by atoms with van der Waals surface area (Å²) in [6, 6.07) is 13.3. The van der Waals surface area contributed by atoms with E-state index in [4.69, 9.17) is 0 Å². The van der Waals surface area contributed by atoms with Crippen LogP contribution in [0.1, 0.15) is 41.7 Å². The van der Waals surface area contributed by atoms with Gasteiger partial charge in [-0.3, -0.25) is 4.79 Å². The number of carbonyl (C=O) groups excluding carboxylic acids is 1. The van der Waals surface area contributed by atoms with Crippen molar-refractivity contribution in [2.75, 3.05) is 0 Å². The molecule has 0 saturated carbocycles. The summed E-state index contributed by atoms with van der Waals surface area (Å²) in [6.45, 7) is 0. The summed E-state index contributed by atoms with van der Waals surface area (Å²) in [5, 5.41) is 15.3. The van der Waals surface area contributed by atoms with Crippen molar-refractivity contribution >= 4 is 16.8 Å². The van der Waals surface area contributed by atoms with E-state index in [1.54, 1.807) is 12.1 Å². The zero-order valence-corrected chi connectivity index (χ0v) is 15.5. The van der Waals surface area contributed by atoms with Crippen LogP contribution in [-0.2, 0) is 11.2 Å². The van der Waals surface area contributed by atoms with Crippen LogP contribution in [-0.4, -0.2) is 31.1 Å². The van der Waals surface area contributed by atoms with Gasteiger partial charge in [0, 0.05) is 16.6 Å². The van der Waals surface area contributed by atoms with Gasteiger partial charge in [0.15, 0.2) is 6.04 Å². The molecule has 5 rings (SSSR count). The van der Waals surface area contributed by atoms with E-state index in [1.165, 1.54) is 17.1 Å². The molecule has 0 fully saturated rings. The largest absolute Gasteiger partial charge is 0.356 e. The first-order valence-electron chi connectivity index (χ1n) is 9.58. The van der Waals surface area contributed by atoms with E-state index in [1.807, 2.05) is 30.3 Å². The molecule has 1 aliphatic carbocycles. The Hall–Kier alpha value is -3.55. The van der Waals surface area contributed by atoms with Gasteiger partial charge >= 0.3 is 0 Å². The molecule has 0 bridgehead atoms. The van der Waals surface area contributed by atoms with Crippen LogP contribution in [0, 0.1) is 5.82 Å². The number of halogens is 1. The first-order valence-corrected chi connectivity index (χ1v) is 9.58. The van der Waals surface area contributed by atoms with Gasteiger partial charge in [0.25, 0.3) is 0 Å². The second-order valence-electron chi connectivity index (χ2n) is 7.26. The molecule has 1 amide bonds. The lowest BCUT2D eigenvalue weighted by Gasteiger charge is -2.26. The highest BCUT2D eigenvalue weighted by molar-refractivity contribution is 5.87. The van der Waals surface area contributed by atoms with Gasteiger partial charge in [-0.15, -0.1) is 5.10 Å². The number of nitrogens with zero attached hydrogens (tertiary/aromatic N) is 4. The average Bonchev–Trinajstić information content (AvgIpc) is 3.38. The number of aryl methyl sites for hydroxylation is 1. The van der Waals surface area contributed by atoms with Crippen molar-refractivity contribution in [1.82, 2.24) is 30.5 Å². The summed E-state index contributed by atoms with van der Waals surface area (Å²) >= 11 is 0. The van der Waals surface area contributed by atoms with Crippen LogP contribution in [0.5, 0.6) is 0 Å². The Labute approximate surface area is 165 Å². The maximum atomic E-state index is 13.7. The summed E-state index contributed by atoms with van der Waals surface area (Å²) < 4.78 is 15.2. The second-order valence-corrected chi connectivity index (χ2v) is 7.26. The topological polar surface area (TPSA) is 88.5 Å². The van der Waals surface area contributed by atoms with Gasteiger partial charge in [0.1, 0.15) is 12.1 Å². The first-order chi connectivity index (χ1) is 14.2. The van der Waals surface area contributed by atoms with E-state index >= 15 is 0 Å². The van der Waals surface area contributed by atoms with Crippen molar-refractivity contribution in [2.24, 2.45) is 0 Å². The van der Waals surface area contributed by atoms with Crippen LogP contribution in [0.3, 0.4) is 0 Å². The Morgan fingerprint density at radius 1 is 1.24 bits per heavy atom. The molecule has 2 unspecified atom stereocenters. The van der Waals surface area contributed by atoms with Gasteiger partial charge in [-0.05, 0) is 59.0 Å².